The summed E-state index contributed by atoms with van der Waals surface area (Å²) in [6, 6.07) is 3.76. The molecule has 98 valence electrons. The fraction of sp³-hybridized carbons (Fsp3) is 0.500. The van der Waals surface area contributed by atoms with E-state index in [0.29, 0.717) is 25.6 Å². The molecule has 6 nitrogen and oxygen atoms in total. The zero-order valence-electron chi connectivity index (χ0n) is 10.5. The molecule has 0 aromatic carbocycles. The van der Waals surface area contributed by atoms with Crippen LogP contribution in [0.15, 0.2) is 18.3 Å². The van der Waals surface area contributed by atoms with Crippen molar-refractivity contribution in [2.75, 3.05) is 38.1 Å². The summed E-state index contributed by atoms with van der Waals surface area (Å²) in [6.45, 7) is 5.46. The zero-order valence-corrected chi connectivity index (χ0v) is 10.5. The Morgan fingerprint density at radius 1 is 1.56 bits per heavy atom. The van der Waals surface area contributed by atoms with E-state index < -0.39 is 0 Å². The van der Waals surface area contributed by atoms with Gasteiger partial charge in [0.05, 0.1) is 18.5 Å². The number of hydrogen-bond donors (Lipinski definition) is 2. The second kappa shape index (κ2) is 6.09. The Morgan fingerprint density at radius 3 is 3.06 bits per heavy atom. The van der Waals surface area contributed by atoms with Gasteiger partial charge in [-0.25, -0.2) is 9.78 Å². The van der Waals surface area contributed by atoms with Gasteiger partial charge in [-0.1, -0.05) is 0 Å². The van der Waals surface area contributed by atoms with Crippen LogP contribution in [-0.4, -0.2) is 48.7 Å². The Labute approximate surface area is 106 Å². The van der Waals surface area contributed by atoms with Gasteiger partial charge in [0, 0.05) is 32.2 Å². The molecule has 1 saturated heterocycles. The van der Waals surface area contributed by atoms with Crippen LogP contribution < -0.4 is 15.4 Å². The SMILES string of the molecule is CCOc1ccc(NCCN2CCNC2=O)cn1. The van der Waals surface area contributed by atoms with Crippen molar-refractivity contribution in [3.63, 3.8) is 0 Å². The number of nitrogens with one attached hydrogen (secondary N) is 2. The molecule has 2 amide bonds. The standard InChI is InChI=1S/C12H18N4O2/c1-2-18-11-4-3-10(9-15-11)13-5-7-16-8-6-14-12(16)17/h3-4,9,13H,2,5-8H2,1H3,(H,14,17). The van der Waals surface area contributed by atoms with Gasteiger partial charge >= 0.3 is 6.03 Å². The second-order valence-electron chi connectivity index (χ2n) is 3.96. The van der Waals surface area contributed by atoms with E-state index in [0.717, 1.165) is 18.8 Å². The maximum Gasteiger partial charge on any atom is 0.317 e. The minimum absolute atomic E-state index is 0.0154. The van der Waals surface area contributed by atoms with Crippen molar-refractivity contribution in [3.05, 3.63) is 18.3 Å². The number of carbonyl (C=O) groups is 1. The molecule has 0 aliphatic carbocycles. The van der Waals surface area contributed by atoms with Gasteiger partial charge in [-0.05, 0) is 13.0 Å². The number of hydrogen-bond acceptors (Lipinski definition) is 4. The fourth-order valence-electron chi connectivity index (χ4n) is 1.78. The molecule has 1 aromatic heterocycles. The summed E-state index contributed by atoms with van der Waals surface area (Å²) in [5.41, 5.74) is 0.929. The molecular weight excluding hydrogens is 232 g/mol. The molecule has 0 radical (unpaired) electrons. The molecule has 6 heteroatoms. The smallest absolute Gasteiger partial charge is 0.317 e. The molecule has 1 fully saturated rings. The molecule has 0 atom stereocenters. The number of anilines is 1. The van der Waals surface area contributed by atoms with Crippen LogP contribution in [-0.2, 0) is 0 Å². The fourth-order valence-corrected chi connectivity index (χ4v) is 1.78. The van der Waals surface area contributed by atoms with Gasteiger partial charge in [-0.2, -0.15) is 0 Å². The number of aromatic nitrogens is 1. The lowest BCUT2D eigenvalue weighted by Crippen LogP contribution is -2.32. The Morgan fingerprint density at radius 2 is 2.44 bits per heavy atom. The van der Waals surface area contributed by atoms with Gasteiger partial charge < -0.3 is 20.3 Å². The highest BCUT2D eigenvalue weighted by Gasteiger charge is 2.18. The summed E-state index contributed by atoms with van der Waals surface area (Å²) in [6.07, 6.45) is 1.73. The first kappa shape index (κ1) is 12.5. The third-order valence-electron chi connectivity index (χ3n) is 2.68. The van der Waals surface area contributed by atoms with Gasteiger partial charge in [-0.3, -0.25) is 0 Å². The Bertz CT molecular complexity index is 394. The number of ether oxygens (including phenoxy) is 1. The monoisotopic (exact) mass is 250 g/mol. The van der Waals surface area contributed by atoms with Crippen LogP contribution in [0.3, 0.4) is 0 Å². The van der Waals surface area contributed by atoms with Crippen LogP contribution in [0.25, 0.3) is 0 Å². The average Bonchev–Trinajstić information content (AvgIpc) is 2.78. The van der Waals surface area contributed by atoms with Crippen molar-refractivity contribution in [3.8, 4) is 5.88 Å². The van der Waals surface area contributed by atoms with Crippen molar-refractivity contribution < 1.29 is 9.53 Å². The molecule has 2 N–H and O–H groups in total. The Hall–Kier alpha value is -1.98. The highest BCUT2D eigenvalue weighted by molar-refractivity contribution is 5.76. The minimum Gasteiger partial charge on any atom is -0.478 e. The molecule has 0 spiro atoms. The van der Waals surface area contributed by atoms with E-state index in [1.54, 1.807) is 11.1 Å². The van der Waals surface area contributed by atoms with Crippen molar-refractivity contribution in [1.29, 1.82) is 0 Å². The largest absolute Gasteiger partial charge is 0.478 e. The molecule has 2 rings (SSSR count). The number of pyridine rings is 1. The van der Waals surface area contributed by atoms with E-state index in [-0.39, 0.29) is 6.03 Å². The van der Waals surface area contributed by atoms with Crippen LogP contribution in [0.1, 0.15) is 6.92 Å². The molecule has 1 aliphatic rings. The summed E-state index contributed by atoms with van der Waals surface area (Å²) in [5.74, 6) is 0.627. The van der Waals surface area contributed by atoms with E-state index >= 15 is 0 Å². The lowest BCUT2D eigenvalue weighted by atomic mass is 10.4. The normalized spacial score (nSPS) is 14.5. The van der Waals surface area contributed by atoms with E-state index in [9.17, 15) is 4.79 Å². The van der Waals surface area contributed by atoms with Crippen LogP contribution in [0.4, 0.5) is 10.5 Å². The predicted octanol–water partition coefficient (Wildman–Crippen LogP) is 0.917. The number of rotatable bonds is 6. The van der Waals surface area contributed by atoms with Crippen molar-refractivity contribution >= 4 is 11.7 Å². The maximum absolute atomic E-state index is 11.3. The first-order valence-electron chi connectivity index (χ1n) is 6.15. The first-order valence-corrected chi connectivity index (χ1v) is 6.15. The van der Waals surface area contributed by atoms with Crippen LogP contribution in [0.5, 0.6) is 5.88 Å². The van der Waals surface area contributed by atoms with Crippen LogP contribution in [0, 0.1) is 0 Å². The summed E-state index contributed by atoms with van der Waals surface area (Å²) >= 11 is 0. The van der Waals surface area contributed by atoms with Gasteiger partial charge in [0.25, 0.3) is 0 Å². The van der Waals surface area contributed by atoms with Crippen molar-refractivity contribution in [2.45, 2.75) is 6.92 Å². The molecule has 1 aliphatic heterocycles. The van der Waals surface area contributed by atoms with E-state index in [4.69, 9.17) is 4.74 Å². The maximum atomic E-state index is 11.3. The second-order valence-corrected chi connectivity index (χ2v) is 3.96. The van der Waals surface area contributed by atoms with E-state index in [2.05, 4.69) is 15.6 Å². The number of amides is 2. The topological polar surface area (TPSA) is 66.5 Å². The summed E-state index contributed by atoms with van der Waals surface area (Å²) in [5, 5.41) is 5.99. The van der Waals surface area contributed by atoms with Gasteiger partial charge in [-0.15, -0.1) is 0 Å². The van der Waals surface area contributed by atoms with Gasteiger partial charge in [0.1, 0.15) is 0 Å². The molecule has 2 heterocycles. The molecule has 0 unspecified atom stereocenters. The number of carbonyl (C=O) groups excluding carboxylic acids is 1. The summed E-state index contributed by atoms with van der Waals surface area (Å²) < 4.78 is 5.26. The molecule has 18 heavy (non-hydrogen) atoms. The predicted molar refractivity (Wildman–Crippen MR) is 68.9 cm³/mol. The molecule has 0 saturated carbocycles. The minimum atomic E-state index is 0.0154. The van der Waals surface area contributed by atoms with E-state index in [1.807, 2.05) is 19.1 Å². The lowest BCUT2D eigenvalue weighted by Gasteiger charge is -2.14. The average molecular weight is 250 g/mol. The van der Waals surface area contributed by atoms with E-state index in [1.165, 1.54) is 0 Å². The molecule has 0 bridgehead atoms. The highest BCUT2D eigenvalue weighted by Crippen LogP contribution is 2.11. The molecular formula is C12H18N4O2. The van der Waals surface area contributed by atoms with Gasteiger partial charge in [0.2, 0.25) is 5.88 Å². The third kappa shape index (κ3) is 3.26. The highest BCUT2D eigenvalue weighted by atomic mass is 16.5. The summed E-state index contributed by atoms with van der Waals surface area (Å²) in [7, 11) is 0. The Balaban J connectivity index is 1.74. The third-order valence-corrected chi connectivity index (χ3v) is 2.68. The molecule has 1 aromatic rings. The number of nitrogens with zero attached hydrogens (tertiary/aromatic N) is 2. The quantitative estimate of drug-likeness (QED) is 0.788. The van der Waals surface area contributed by atoms with Crippen molar-refractivity contribution in [1.82, 2.24) is 15.2 Å². The zero-order chi connectivity index (χ0) is 12.8. The lowest BCUT2D eigenvalue weighted by molar-refractivity contribution is 0.219. The summed E-state index contributed by atoms with van der Waals surface area (Å²) in [4.78, 5) is 17.2. The van der Waals surface area contributed by atoms with Gasteiger partial charge in [0.15, 0.2) is 0 Å². The van der Waals surface area contributed by atoms with Crippen LogP contribution in [0.2, 0.25) is 0 Å². The van der Waals surface area contributed by atoms with Crippen molar-refractivity contribution in [2.24, 2.45) is 0 Å². The first-order chi connectivity index (χ1) is 8.79. The Kier molecular flexibility index (Phi) is 4.22. The van der Waals surface area contributed by atoms with Crippen LogP contribution >= 0.6 is 0 Å². The number of urea groups is 1.